The Labute approximate surface area is 143 Å². The van der Waals surface area contributed by atoms with Crippen molar-refractivity contribution in [2.24, 2.45) is 4.99 Å². The van der Waals surface area contributed by atoms with Gasteiger partial charge in [-0.2, -0.15) is 0 Å². The lowest BCUT2D eigenvalue weighted by Crippen LogP contribution is -2.63. The number of nitrogens with zero attached hydrogens (tertiary/aromatic N) is 3. The van der Waals surface area contributed by atoms with Crippen molar-refractivity contribution in [1.29, 1.82) is 0 Å². The molecule has 0 aromatic rings. The van der Waals surface area contributed by atoms with Crippen molar-refractivity contribution in [3.63, 3.8) is 0 Å². The summed E-state index contributed by atoms with van der Waals surface area (Å²) < 4.78 is 28.5. The zero-order chi connectivity index (χ0) is 18.1. The Morgan fingerprint density at radius 1 is 1.50 bits per heavy atom. The lowest BCUT2D eigenvalue weighted by atomic mass is 9.86. The van der Waals surface area contributed by atoms with Crippen LogP contribution in [0.4, 0.5) is 8.78 Å². The van der Waals surface area contributed by atoms with Crippen molar-refractivity contribution in [2.45, 2.75) is 45.3 Å². The van der Waals surface area contributed by atoms with Crippen LogP contribution in [0, 0.1) is 0 Å². The van der Waals surface area contributed by atoms with Crippen LogP contribution in [-0.4, -0.2) is 47.6 Å². The highest BCUT2D eigenvalue weighted by Gasteiger charge is 2.45. The second-order valence-electron chi connectivity index (χ2n) is 6.58. The Morgan fingerprint density at radius 2 is 2.17 bits per heavy atom. The third-order valence-electron chi connectivity index (χ3n) is 5.03. The molecule has 0 spiro atoms. The molecule has 24 heavy (non-hydrogen) atoms. The van der Waals surface area contributed by atoms with Crippen LogP contribution >= 0.6 is 0 Å². The highest BCUT2D eigenvalue weighted by atomic mass is 19.1. The van der Waals surface area contributed by atoms with E-state index in [9.17, 15) is 8.78 Å². The Balaban J connectivity index is 2.59. The van der Waals surface area contributed by atoms with E-state index in [1.807, 2.05) is 43.7 Å². The van der Waals surface area contributed by atoms with Crippen LogP contribution in [0.25, 0.3) is 0 Å². The average Bonchev–Trinajstić information content (AvgIpc) is 2.59. The summed E-state index contributed by atoms with van der Waals surface area (Å²) in [7, 11) is 1.83. The number of likely N-dealkylation sites (N-methyl/N-ethyl adjacent to an activating group) is 1. The van der Waals surface area contributed by atoms with Crippen molar-refractivity contribution >= 4 is 5.84 Å². The molecule has 2 atom stereocenters. The monoisotopic (exact) mass is 335 g/mol. The van der Waals surface area contributed by atoms with Gasteiger partial charge in [0.25, 0.3) is 0 Å². The van der Waals surface area contributed by atoms with Crippen LogP contribution in [0.5, 0.6) is 0 Å². The number of rotatable bonds is 4. The zero-order valence-electron chi connectivity index (χ0n) is 15.1. The first-order valence-electron chi connectivity index (χ1n) is 8.37. The molecule has 132 valence electrons. The topological polar surface area (TPSA) is 18.8 Å². The lowest BCUT2D eigenvalue weighted by molar-refractivity contribution is 0.0467. The van der Waals surface area contributed by atoms with Gasteiger partial charge in [0, 0.05) is 24.7 Å². The smallest absolute Gasteiger partial charge is 0.153 e. The first-order chi connectivity index (χ1) is 11.3. The highest BCUT2D eigenvalue weighted by molar-refractivity contribution is 6.04. The summed E-state index contributed by atoms with van der Waals surface area (Å²) in [6.45, 7) is 13.4. The van der Waals surface area contributed by atoms with Crippen LogP contribution in [0.2, 0.25) is 0 Å². The molecule has 2 aliphatic heterocycles. The maximum Gasteiger partial charge on any atom is 0.153 e. The molecule has 3 nitrogen and oxygen atoms in total. The van der Waals surface area contributed by atoms with Crippen LogP contribution in [0.15, 0.2) is 53.0 Å². The molecule has 2 heterocycles. The van der Waals surface area contributed by atoms with Crippen molar-refractivity contribution in [2.75, 3.05) is 20.3 Å². The maximum absolute atomic E-state index is 15.0. The molecule has 2 unspecified atom stereocenters. The molecule has 0 bridgehead atoms. The fourth-order valence-electron chi connectivity index (χ4n) is 3.21. The zero-order valence-corrected chi connectivity index (χ0v) is 15.1. The van der Waals surface area contributed by atoms with Gasteiger partial charge >= 0.3 is 0 Å². The molecular formula is C19H27F2N3. The molecular weight excluding hydrogens is 308 g/mol. The van der Waals surface area contributed by atoms with E-state index in [4.69, 9.17) is 4.99 Å². The summed E-state index contributed by atoms with van der Waals surface area (Å²) in [6.07, 6.45) is 4.56. The number of halogens is 2. The lowest BCUT2D eigenvalue weighted by Gasteiger charge is -2.53. The quantitative estimate of drug-likeness (QED) is 0.711. The van der Waals surface area contributed by atoms with E-state index in [1.54, 1.807) is 0 Å². The number of hydrogen-bond acceptors (Lipinski definition) is 3. The van der Waals surface area contributed by atoms with Gasteiger partial charge in [0.15, 0.2) is 5.83 Å². The normalized spacial score (nSPS) is 30.8. The number of amidine groups is 1. The molecule has 0 N–H and O–H groups in total. The van der Waals surface area contributed by atoms with E-state index in [2.05, 4.69) is 13.2 Å². The molecule has 0 radical (unpaired) electrons. The fourth-order valence-corrected chi connectivity index (χ4v) is 3.21. The molecule has 5 heteroatoms. The average molecular weight is 335 g/mol. The van der Waals surface area contributed by atoms with E-state index in [1.165, 1.54) is 6.08 Å². The van der Waals surface area contributed by atoms with Crippen molar-refractivity contribution < 1.29 is 8.78 Å². The molecule has 2 rings (SSSR count). The Kier molecular flexibility index (Phi) is 5.31. The van der Waals surface area contributed by atoms with Gasteiger partial charge in [0.05, 0.1) is 11.2 Å². The van der Waals surface area contributed by atoms with Gasteiger partial charge in [0.2, 0.25) is 0 Å². The third kappa shape index (κ3) is 2.80. The van der Waals surface area contributed by atoms with Gasteiger partial charge in [-0.1, -0.05) is 32.2 Å². The van der Waals surface area contributed by atoms with E-state index in [0.29, 0.717) is 17.1 Å². The Morgan fingerprint density at radius 3 is 2.58 bits per heavy atom. The summed E-state index contributed by atoms with van der Waals surface area (Å²) in [5, 5.41) is 0. The van der Waals surface area contributed by atoms with Gasteiger partial charge in [0.1, 0.15) is 18.7 Å². The van der Waals surface area contributed by atoms with Crippen molar-refractivity contribution in [1.82, 2.24) is 9.80 Å². The first kappa shape index (κ1) is 18.4. The van der Waals surface area contributed by atoms with E-state index >= 15 is 0 Å². The van der Waals surface area contributed by atoms with Crippen molar-refractivity contribution in [3.05, 3.63) is 48.0 Å². The minimum absolute atomic E-state index is 0.188. The number of hydrogen-bond donors (Lipinski definition) is 0. The largest absolute Gasteiger partial charge is 0.350 e. The van der Waals surface area contributed by atoms with E-state index < -0.39 is 18.0 Å². The van der Waals surface area contributed by atoms with E-state index in [0.717, 1.165) is 19.4 Å². The minimum Gasteiger partial charge on any atom is -0.350 e. The number of allylic oxidation sites excluding steroid dienone is 4. The molecule has 0 aromatic heterocycles. The number of alkyl halides is 1. The van der Waals surface area contributed by atoms with Gasteiger partial charge in [-0.25, -0.2) is 13.8 Å². The molecule has 2 aliphatic rings. The molecule has 1 saturated heterocycles. The first-order valence-corrected chi connectivity index (χ1v) is 8.37. The summed E-state index contributed by atoms with van der Waals surface area (Å²) >= 11 is 0. The van der Waals surface area contributed by atoms with Gasteiger partial charge in [-0.05, 0) is 26.7 Å². The second-order valence-corrected chi connectivity index (χ2v) is 6.58. The van der Waals surface area contributed by atoms with Crippen LogP contribution < -0.4 is 0 Å². The molecule has 0 aliphatic carbocycles. The van der Waals surface area contributed by atoms with Crippen molar-refractivity contribution in [3.8, 4) is 0 Å². The van der Waals surface area contributed by atoms with Crippen LogP contribution in [-0.2, 0) is 0 Å². The summed E-state index contributed by atoms with van der Waals surface area (Å²) in [4.78, 5) is 8.58. The molecule has 0 aromatic carbocycles. The SMILES string of the molecule is C=CC(=C)C(F)=C1/C(=C\C)C(N2CCC2(C)CF)=NC(CC)N1C. The van der Waals surface area contributed by atoms with E-state index in [-0.39, 0.29) is 11.7 Å². The second kappa shape index (κ2) is 6.91. The molecule has 0 saturated carbocycles. The summed E-state index contributed by atoms with van der Waals surface area (Å²) in [6, 6.07) is 0. The number of likely N-dealkylation sites (tertiary alicyclic amines) is 1. The Hall–Kier alpha value is -1.91. The predicted octanol–water partition coefficient (Wildman–Crippen LogP) is 4.37. The minimum atomic E-state index is -0.557. The highest BCUT2D eigenvalue weighted by Crippen LogP contribution is 2.39. The van der Waals surface area contributed by atoms with Gasteiger partial charge < -0.3 is 9.80 Å². The third-order valence-corrected chi connectivity index (χ3v) is 5.03. The maximum atomic E-state index is 15.0. The predicted molar refractivity (Wildman–Crippen MR) is 96.2 cm³/mol. The summed E-state index contributed by atoms with van der Waals surface area (Å²) in [5.74, 6) is 0.268. The molecule has 1 fully saturated rings. The number of aliphatic imine (C=N–C) groups is 1. The Bertz CT molecular complexity index is 629. The van der Waals surface area contributed by atoms with Gasteiger partial charge in [-0.3, -0.25) is 0 Å². The molecule has 0 amide bonds. The standard InChI is InChI=1S/C19H27F2N3/c1-7-13(4)16(21)17-14(8-2)18(22-15(9-3)23(17)6)24-11-10-19(24,5)12-20/h7-8,15H,1,4,9-12H2,2-3,5-6H3/b14-8+,17-16?. The van der Waals surface area contributed by atoms with Gasteiger partial charge in [-0.15, -0.1) is 0 Å². The summed E-state index contributed by atoms with van der Waals surface area (Å²) in [5.41, 5.74) is 0.816. The fraction of sp³-hybridized carbons (Fsp3) is 0.526. The van der Waals surface area contributed by atoms with Crippen LogP contribution in [0.1, 0.15) is 33.6 Å². The van der Waals surface area contributed by atoms with Crippen LogP contribution in [0.3, 0.4) is 0 Å².